The van der Waals surface area contributed by atoms with Crippen molar-refractivity contribution in [3.63, 3.8) is 0 Å². The number of Topliss-reactive ketones (excluding diaryl/α,β-unsaturated/α-hetero) is 1. The molecule has 0 aliphatic heterocycles. The quantitative estimate of drug-likeness (QED) is 0.615. The number of ketones is 1. The molecule has 0 spiro atoms. The molecule has 0 fully saturated rings. The molecule has 0 aliphatic rings. The number of hydrogen-bond acceptors (Lipinski definition) is 3. The van der Waals surface area contributed by atoms with E-state index in [1.807, 2.05) is 31.2 Å². The lowest BCUT2D eigenvalue weighted by Gasteiger charge is -2.00. The molecule has 0 unspecified atom stereocenters. The van der Waals surface area contributed by atoms with Gasteiger partial charge in [0, 0.05) is 6.92 Å². The average Bonchev–Trinajstić information content (AvgIpc) is 2.16. The summed E-state index contributed by atoms with van der Waals surface area (Å²) in [6.45, 7) is 3.36. The summed E-state index contributed by atoms with van der Waals surface area (Å²) in [6, 6.07) is 7.62. The van der Waals surface area contributed by atoms with Crippen LogP contribution in [0, 0.1) is 6.92 Å². The van der Waals surface area contributed by atoms with Crippen molar-refractivity contribution >= 4 is 28.2 Å². The van der Waals surface area contributed by atoms with Crippen LogP contribution in [0.5, 0.6) is 0 Å². The van der Waals surface area contributed by atoms with Crippen molar-refractivity contribution in [3.8, 4) is 0 Å². The minimum Gasteiger partial charge on any atom is -0.292 e. The molecule has 1 N–H and O–H groups in total. The van der Waals surface area contributed by atoms with Crippen LogP contribution in [0.25, 0.3) is 0 Å². The molecular weight excluding hydrogens is 200 g/mol. The highest BCUT2D eigenvalue weighted by Gasteiger charge is 1.99. The summed E-state index contributed by atoms with van der Waals surface area (Å²) in [5.74, 6) is -0.258. The molecule has 0 amide bonds. The van der Waals surface area contributed by atoms with Crippen molar-refractivity contribution in [1.29, 1.82) is 0 Å². The van der Waals surface area contributed by atoms with E-state index < -0.39 is 0 Å². The van der Waals surface area contributed by atoms with Crippen LogP contribution in [0.3, 0.4) is 0 Å². The highest BCUT2D eigenvalue weighted by molar-refractivity contribution is 6.82. The maximum Gasteiger partial charge on any atom is 0.191 e. The molecule has 0 aromatic heterocycles. The molecular formula is C10H11ClN2O. The third-order valence-electron chi connectivity index (χ3n) is 1.63. The van der Waals surface area contributed by atoms with Gasteiger partial charge in [-0.25, -0.2) is 0 Å². The molecule has 1 aromatic rings. The van der Waals surface area contributed by atoms with Gasteiger partial charge in [0.25, 0.3) is 0 Å². The van der Waals surface area contributed by atoms with Crippen LogP contribution < -0.4 is 5.43 Å². The van der Waals surface area contributed by atoms with E-state index in [1.54, 1.807) is 0 Å². The first-order chi connectivity index (χ1) is 6.59. The molecule has 0 atom stereocenters. The fourth-order valence-electron chi connectivity index (χ4n) is 0.820. The van der Waals surface area contributed by atoms with E-state index in [-0.39, 0.29) is 11.0 Å². The Balaban J connectivity index is 2.66. The first-order valence-corrected chi connectivity index (χ1v) is 4.54. The number of benzene rings is 1. The number of nitrogens with zero attached hydrogens (tertiary/aromatic N) is 1. The number of rotatable bonds is 3. The topological polar surface area (TPSA) is 41.5 Å². The zero-order chi connectivity index (χ0) is 10.6. The summed E-state index contributed by atoms with van der Waals surface area (Å²) in [5.41, 5.74) is 4.65. The maximum absolute atomic E-state index is 10.7. The SMILES string of the molecule is CC(=O)C(Cl)=NNc1ccc(C)cc1. The molecule has 3 nitrogen and oxygen atoms in total. The summed E-state index contributed by atoms with van der Waals surface area (Å²) in [6.07, 6.45) is 0. The normalized spacial score (nSPS) is 11.2. The van der Waals surface area contributed by atoms with Gasteiger partial charge in [-0.15, -0.1) is 0 Å². The van der Waals surface area contributed by atoms with Gasteiger partial charge < -0.3 is 0 Å². The van der Waals surface area contributed by atoms with Crippen LogP contribution in [0.1, 0.15) is 12.5 Å². The second-order valence-corrected chi connectivity index (χ2v) is 3.29. The number of carbonyl (C=O) groups excluding carboxylic acids is 1. The summed E-state index contributed by atoms with van der Waals surface area (Å²) in [7, 11) is 0. The minimum absolute atomic E-state index is 0.0504. The van der Waals surface area contributed by atoms with Crippen LogP contribution in [-0.2, 0) is 4.79 Å². The van der Waals surface area contributed by atoms with Gasteiger partial charge in [-0.1, -0.05) is 29.3 Å². The molecule has 74 valence electrons. The van der Waals surface area contributed by atoms with Crippen LogP contribution in [0.2, 0.25) is 0 Å². The Morgan fingerprint density at radius 3 is 2.43 bits per heavy atom. The Labute approximate surface area is 87.8 Å². The largest absolute Gasteiger partial charge is 0.292 e. The first kappa shape index (κ1) is 10.7. The van der Waals surface area contributed by atoms with Crippen LogP contribution in [0.15, 0.2) is 29.4 Å². The summed E-state index contributed by atoms with van der Waals surface area (Å²) in [4.78, 5) is 10.7. The van der Waals surface area contributed by atoms with Gasteiger partial charge in [0.1, 0.15) is 0 Å². The number of halogens is 1. The van der Waals surface area contributed by atoms with Gasteiger partial charge in [0.2, 0.25) is 0 Å². The van der Waals surface area contributed by atoms with Crippen molar-refractivity contribution in [3.05, 3.63) is 29.8 Å². The number of hydrogen-bond donors (Lipinski definition) is 1. The zero-order valence-electron chi connectivity index (χ0n) is 8.04. The third-order valence-corrected chi connectivity index (χ3v) is 1.98. The lowest BCUT2D eigenvalue weighted by atomic mass is 10.2. The number of nitrogens with one attached hydrogen (secondary N) is 1. The van der Waals surface area contributed by atoms with Crippen LogP contribution in [0.4, 0.5) is 5.69 Å². The minimum atomic E-state index is -0.258. The molecule has 0 aliphatic carbocycles. The number of anilines is 1. The van der Waals surface area contributed by atoms with E-state index in [9.17, 15) is 4.79 Å². The molecule has 0 bridgehead atoms. The van der Waals surface area contributed by atoms with Crippen molar-refractivity contribution < 1.29 is 4.79 Å². The van der Waals surface area contributed by atoms with Crippen molar-refractivity contribution in [2.24, 2.45) is 5.10 Å². The Morgan fingerprint density at radius 1 is 1.36 bits per heavy atom. The first-order valence-electron chi connectivity index (χ1n) is 4.16. The second-order valence-electron chi connectivity index (χ2n) is 2.94. The van der Waals surface area contributed by atoms with Crippen molar-refractivity contribution in [2.75, 3.05) is 5.43 Å². The number of carbonyl (C=O) groups is 1. The maximum atomic E-state index is 10.7. The second kappa shape index (κ2) is 4.77. The molecule has 0 radical (unpaired) electrons. The average molecular weight is 211 g/mol. The van der Waals surface area contributed by atoms with E-state index in [1.165, 1.54) is 6.92 Å². The van der Waals surface area contributed by atoms with E-state index >= 15 is 0 Å². The molecule has 0 heterocycles. The van der Waals surface area contributed by atoms with Gasteiger partial charge in [-0.05, 0) is 19.1 Å². The predicted octanol–water partition coefficient (Wildman–Crippen LogP) is 2.55. The third kappa shape index (κ3) is 3.18. The Bertz CT molecular complexity index is 357. The zero-order valence-corrected chi connectivity index (χ0v) is 8.80. The van der Waals surface area contributed by atoms with E-state index in [2.05, 4.69) is 10.5 Å². The lowest BCUT2D eigenvalue weighted by molar-refractivity contribution is -0.110. The lowest BCUT2D eigenvalue weighted by Crippen LogP contribution is -2.04. The highest BCUT2D eigenvalue weighted by Crippen LogP contribution is 2.08. The Hall–Kier alpha value is -1.35. The van der Waals surface area contributed by atoms with Crippen molar-refractivity contribution in [2.45, 2.75) is 13.8 Å². The smallest absolute Gasteiger partial charge is 0.191 e. The van der Waals surface area contributed by atoms with Crippen molar-refractivity contribution in [1.82, 2.24) is 0 Å². The molecule has 14 heavy (non-hydrogen) atoms. The van der Waals surface area contributed by atoms with E-state index in [0.717, 1.165) is 11.3 Å². The molecule has 4 heteroatoms. The molecule has 0 saturated carbocycles. The van der Waals surface area contributed by atoms with Gasteiger partial charge in [0.15, 0.2) is 11.0 Å². The van der Waals surface area contributed by atoms with E-state index in [4.69, 9.17) is 11.6 Å². The molecule has 1 rings (SSSR count). The number of aryl methyl sites for hydroxylation is 1. The molecule has 0 saturated heterocycles. The van der Waals surface area contributed by atoms with Gasteiger partial charge in [-0.3, -0.25) is 10.2 Å². The standard InChI is InChI=1S/C10H11ClN2O/c1-7-3-5-9(6-4-7)12-13-10(11)8(2)14/h3-6,12H,1-2H3. The highest BCUT2D eigenvalue weighted by atomic mass is 35.5. The monoisotopic (exact) mass is 210 g/mol. The fraction of sp³-hybridized carbons (Fsp3) is 0.200. The number of hydrazone groups is 1. The summed E-state index contributed by atoms with van der Waals surface area (Å²) in [5, 5.41) is 3.66. The van der Waals surface area contributed by atoms with Gasteiger partial charge in [-0.2, -0.15) is 5.10 Å². The summed E-state index contributed by atoms with van der Waals surface area (Å²) >= 11 is 5.53. The predicted molar refractivity (Wildman–Crippen MR) is 58.8 cm³/mol. The van der Waals surface area contributed by atoms with Gasteiger partial charge >= 0.3 is 0 Å². The van der Waals surface area contributed by atoms with Crippen LogP contribution in [-0.4, -0.2) is 11.0 Å². The Kier molecular flexibility index (Phi) is 3.65. The Morgan fingerprint density at radius 2 is 1.93 bits per heavy atom. The van der Waals surface area contributed by atoms with Gasteiger partial charge in [0.05, 0.1) is 5.69 Å². The fourth-order valence-corrected chi connectivity index (χ4v) is 0.863. The van der Waals surface area contributed by atoms with Crippen LogP contribution >= 0.6 is 11.6 Å². The van der Waals surface area contributed by atoms with E-state index in [0.29, 0.717) is 0 Å². The summed E-state index contributed by atoms with van der Waals surface area (Å²) < 4.78 is 0. The molecule has 1 aromatic carbocycles.